The Kier molecular flexibility index (Phi) is 4.15. The topological polar surface area (TPSA) is 35.0 Å². The maximum Gasteiger partial charge on any atom is 0.232 e. The number of halogens is 1. The molecule has 0 N–H and O–H groups in total. The average Bonchev–Trinajstić information content (AvgIpc) is 2.12. The smallest absolute Gasteiger partial charge is 0.232 e. The van der Waals surface area contributed by atoms with E-state index >= 15 is 0 Å². The zero-order valence-electron chi connectivity index (χ0n) is 7.88. The summed E-state index contributed by atoms with van der Waals surface area (Å²) in [4.78, 5) is 8.30. The van der Waals surface area contributed by atoms with Crippen LogP contribution < -0.4 is 4.74 Å². The van der Waals surface area contributed by atoms with E-state index in [1.54, 1.807) is 6.20 Å². The van der Waals surface area contributed by atoms with Gasteiger partial charge in [0, 0.05) is 0 Å². The Labute approximate surface area is 86.7 Å². The van der Waals surface area contributed by atoms with Crippen LogP contribution in [0.4, 0.5) is 0 Å². The minimum atomic E-state index is 0.606. The van der Waals surface area contributed by atoms with Crippen LogP contribution in [0.15, 0.2) is 10.8 Å². The van der Waals surface area contributed by atoms with Crippen molar-refractivity contribution in [3.63, 3.8) is 0 Å². The third-order valence-corrected chi connectivity index (χ3v) is 2.39. The molecule has 13 heavy (non-hydrogen) atoms. The number of aryl methyl sites for hydroxylation is 1. The second kappa shape index (κ2) is 5.17. The number of hydrogen-bond donors (Lipinski definition) is 0. The van der Waals surface area contributed by atoms with Crippen molar-refractivity contribution in [3.05, 3.63) is 16.5 Å². The normalized spacial score (nSPS) is 10.1. The molecule has 0 aliphatic carbocycles. The number of aromatic nitrogens is 2. The van der Waals surface area contributed by atoms with Gasteiger partial charge in [-0.2, -0.15) is 0 Å². The maximum absolute atomic E-state index is 5.39. The summed E-state index contributed by atoms with van der Waals surface area (Å²) in [5, 5.41) is 0. The summed E-state index contributed by atoms with van der Waals surface area (Å²) < 4.78 is 6.16. The lowest BCUT2D eigenvalue weighted by Gasteiger charge is -2.04. The van der Waals surface area contributed by atoms with E-state index in [1.165, 1.54) is 0 Å². The summed E-state index contributed by atoms with van der Waals surface area (Å²) in [6, 6.07) is 0. The van der Waals surface area contributed by atoms with Crippen molar-refractivity contribution in [3.8, 4) is 5.88 Å². The summed E-state index contributed by atoms with van der Waals surface area (Å²) in [6.45, 7) is 4.73. The van der Waals surface area contributed by atoms with Crippen LogP contribution in [0.5, 0.6) is 5.88 Å². The van der Waals surface area contributed by atoms with Gasteiger partial charge in [-0.3, -0.25) is 0 Å². The molecule has 0 bridgehead atoms. The first-order valence-electron chi connectivity index (χ1n) is 4.36. The third-order valence-electron chi connectivity index (χ3n) is 1.61. The Morgan fingerprint density at radius 3 is 2.92 bits per heavy atom. The fourth-order valence-corrected chi connectivity index (χ4v) is 1.03. The molecule has 1 aromatic heterocycles. The molecule has 72 valence electrons. The molecular formula is C9H13BrN2O. The fourth-order valence-electron chi connectivity index (χ4n) is 0.836. The Morgan fingerprint density at radius 2 is 2.31 bits per heavy atom. The van der Waals surface area contributed by atoms with Crippen molar-refractivity contribution < 1.29 is 4.74 Å². The minimum Gasteiger partial charge on any atom is -0.477 e. The maximum atomic E-state index is 5.39. The highest BCUT2D eigenvalue weighted by molar-refractivity contribution is 9.10. The van der Waals surface area contributed by atoms with Gasteiger partial charge in [0.1, 0.15) is 4.60 Å². The van der Waals surface area contributed by atoms with Crippen LogP contribution in [0.25, 0.3) is 0 Å². The Morgan fingerprint density at radius 1 is 1.54 bits per heavy atom. The van der Waals surface area contributed by atoms with E-state index in [9.17, 15) is 0 Å². The van der Waals surface area contributed by atoms with Crippen LogP contribution in [0, 0.1) is 6.92 Å². The lowest BCUT2D eigenvalue weighted by molar-refractivity contribution is 0.295. The lowest BCUT2D eigenvalue weighted by Crippen LogP contribution is -2.00. The molecule has 3 nitrogen and oxygen atoms in total. The molecule has 0 radical (unpaired) electrons. The van der Waals surface area contributed by atoms with Gasteiger partial charge < -0.3 is 4.74 Å². The minimum absolute atomic E-state index is 0.606. The van der Waals surface area contributed by atoms with E-state index in [4.69, 9.17) is 4.74 Å². The van der Waals surface area contributed by atoms with E-state index in [-0.39, 0.29) is 0 Å². The molecule has 0 spiro atoms. The van der Waals surface area contributed by atoms with Gasteiger partial charge in [0.05, 0.1) is 18.5 Å². The molecule has 0 amide bonds. The van der Waals surface area contributed by atoms with Crippen molar-refractivity contribution in [1.82, 2.24) is 9.97 Å². The predicted octanol–water partition coefficient (Wildman–Crippen LogP) is 2.73. The summed E-state index contributed by atoms with van der Waals surface area (Å²) in [7, 11) is 0. The molecule has 1 rings (SSSR count). The van der Waals surface area contributed by atoms with Gasteiger partial charge in [0.2, 0.25) is 5.88 Å². The molecule has 0 saturated heterocycles. The largest absolute Gasteiger partial charge is 0.477 e. The van der Waals surface area contributed by atoms with Gasteiger partial charge in [-0.15, -0.1) is 0 Å². The molecule has 0 fully saturated rings. The van der Waals surface area contributed by atoms with Gasteiger partial charge in [0.15, 0.2) is 0 Å². The van der Waals surface area contributed by atoms with E-state index < -0.39 is 0 Å². The molecule has 0 aliphatic heterocycles. The first kappa shape index (κ1) is 10.4. The number of ether oxygens (including phenoxy) is 1. The Bertz CT molecular complexity index is 278. The van der Waals surface area contributed by atoms with Crippen LogP contribution in [0.3, 0.4) is 0 Å². The van der Waals surface area contributed by atoms with Crippen LogP contribution >= 0.6 is 15.9 Å². The third kappa shape index (κ3) is 3.30. The molecule has 0 atom stereocenters. The highest BCUT2D eigenvalue weighted by Crippen LogP contribution is 2.13. The molecule has 0 saturated carbocycles. The molecule has 0 aliphatic rings. The average molecular weight is 245 g/mol. The van der Waals surface area contributed by atoms with Gasteiger partial charge in [-0.1, -0.05) is 13.3 Å². The second-order valence-electron chi connectivity index (χ2n) is 2.79. The molecule has 0 unspecified atom stereocenters. The van der Waals surface area contributed by atoms with Crippen molar-refractivity contribution >= 4 is 15.9 Å². The summed E-state index contributed by atoms with van der Waals surface area (Å²) in [5.41, 5.74) is 0.856. The van der Waals surface area contributed by atoms with E-state index in [1.807, 2.05) is 6.92 Å². The predicted molar refractivity (Wildman–Crippen MR) is 54.9 cm³/mol. The summed E-state index contributed by atoms with van der Waals surface area (Å²) in [6.07, 6.45) is 3.81. The van der Waals surface area contributed by atoms with Gasteiger partial charge in [-0.05, 0) is 29.3 Å². The van der Waals surface area contributed by atoms with E-state index in [0.29, 0.717) is 12.5 Å². The second-order valence-corrected chi connectivity index (χ2v) is 3.54. The molecule has 1 aromatic rings. The summed E-state index contributed by atoms with van der Waals surface area (Å²) in [5.74, 6) is 0.606. The van der Waals surface area contributed by atoms with Crippen LogP contribution in [-0.2, 0) is 0 Å². The first-order valence-corrected chi connectivity index (χ1v) is 5.15. The molecule has 4 heteroatoms. The Balaban J connectivity index is 2.53. The zero-order chi connectivity index (χ0) is 9.68. The van der Waals surface area contributed by atoms with Crippen molar-refractivity contribution in [2.45, 2.75) is 26.7 Å². The Hall–Kier alpha value is -0.640. The number of unbranched alkanes of at least 4 members (excludes halogenated alkanes) is 1. The highest BCUT2D eigenvalue weighted by Gasteiger charge is 2.00. The van der Waals surface area contributed by atoms with E-state index in [2.05, 4.69) is 32.8 Å². The lowest BCUT2D eigenvalue weighted by atomic mass is 10.4. The van der Waals surface area contributed by atoms with Gasteiger partial charge >= 0.3 is 0 Å². The van der Waals surface area contributed by atoms with Crippen LogP contribution in [-0.4, -0.2) is 16.6 Å². The van der Waals surface area contributed by atoms with Crippen LogP contribution in [0.2, 0.25) is 0 Å². The SMILES string of the molecule is CCCCOc1cnc(Br)c(C)n1. The van der Waals surface area contributed by atoms with Crippen LogP contribution in [0.1, 0.15) is 25.5 Å². The van der Waals surface area contributed by atoms with E-state index in [0.717, 1.165) is 23.1 Å². The fraction of sp³-hybridized carbons (Fsp3) is 0.556. The highest BCUT2D eigenvalue weighted by atomic mass is 79.9. The number of rotatable bonds is 4. The number of nitrogens with zero attached hydrogens (tertiary/aromatic N) is 2. The number of hydrogen-bond acceptors (Lipinski definition) is 3. The first-order chi connectivity index (χ1) is 6.24. The van der Waals surface area contributed by atoms with Crippen molar-refractivity contribution in [2.75, 3.05) is 6.61 Å². The van der Waals surface area contributed by atoms with Gasteiger partial charge in [0.25, 0.3) is 0 Å². The molecule has 1 heterocycles. The summed E-state index contributed by atoms with van der Waals surface area (Å²) >= 11 is 3.28. The van der Waals surface area contributed by atoms with Gasteiger partial charge in [-0.25, -0.2) is 9.97 Å². The quantitative estimate of drug-likeness (QED) is 0.765. The standard InChI is InChI=1S/C9H13BrN2O/c1-3-4-5-13-8-6-11-9(10)7(2)12-8/h6H,3-5H2,1-2H3. The zero-order valence-corrected chi connectivity index (χ0v) is 9.47. The molecular weight excluding hydrogens is 232 g/mol. The monoisotopic (exact) mass is 244 g/mol. The van der Waals surface area contributed by atoms with Crippen molar-refractivity contribution in [2.24, 2.45) is 0 Å². The molecule has 0 aromatic carbocycles. The van der Waals surface area contributed by atoms with Crippen molar-refractivity contribution in [1.29, 1.82) is 0 Å².